The highest BCUT2D eigenvalue weighted by Gasteiger charge is 2.17. The van der Waals surface area contributed by atoms with Gasteiger partial charge in [-0.1, -0.05) is 0 Å². The zero-order valence-electron chi connectivity index (χ0n) is 8.65. The van der Waals surface area contributed by atoms with Crippen LogP contribution in [0.15, 0.2) is 16.7 Å². The minimum atomic E-state index is 0.401. The Hall–Kier alpha value is -1.12. The minimum Gasteiger partial charge on any atom is -0.476 e. The molecular formula is C11H11BrN2O2. The van der Waals surface area contributed by atoms with E-state index in [4.69, 9.17) is 14.7 Å². The van der Waals surface area contributed by atoms with Crippen molar-refractivity contribution < 1.29 is 9.47 Å². The van der Waals surface area contributed by atoms with Gasteiger partial charge in [-0.05, 0) is 28.4 Å². The SMILES string of the molecule is N#Cc1cc(Br)cnc1OC[C@H]1CCOC1. The van der Waals surface area contributed by atoms with Gasteiger partial charge >= 0.3 is 0 Å². The fourth-order valence-electron chi connectivity index (χ4n) is 1.53. The molecule has 1 saturated heterocycles. The lowest BCUT2D eigenvalue weighted by atomic mass is 10.1. The Labute approximate surface area is 102 Å². The molecule has 1 aromatic rings. The van der Waals surface area contributed by atoms with Crippen molar-refractivity contribution in [2.45, 2.75) is 6.42 Å². The first-order valence-electron chi connectivity index (χ1n) is 5.06. The Bertz CT molecular complexity index is 411. The topological polar surface area (TPSA) is 55.1 Å². The second-order valence-electron chi connectivity index (χ2n) is 3.66. The Morgan fingerprint density at radius 1 is 1.69 bits per heavy atom. The number of nitrogens with zero attached hydrogens (tertiary/aromatic N) is 2. The number of hydrogen-bond acceptors (Lipinski definition) is 4. The van der Waals surface area contributed by atoms with E-state index in [1.807, 2.05) is 0 Å². The van der Waals surface area contributed by atoms with E-state index in [0.717, 1.165) is 24.1 Å². The summed E-state index contributed by atoms with van der Waals surface area (Å²) in [6, 6.07) is 3.76. The van der Waals surface area contributed by atoms with Crippen LogP contribution in [0.1, 0.15) is 12.0 Å². The Morgan fingerprint density at radius 3 is 3.25 bits per heavy atom. The molecule has 0 aliphatic carbocycles. The lowest BCUT2D eigenvalue weighted by Gasteiger charge is -2.10. The molecule has 1 aliphatic heterocycles. The molecule has 0 amide bonds. The van der Waals surface area contributed by atoms with E-state index in [2.05, 4.69) is 27.0 Å². The highest BCUT2D eigenvalue weighted by Crippen LogP contribution is 2.21. The van der Waals surface area contributed by atoms with Gasteiger partial charge in [0, 0.05) is 23.2 Å². The van der Waals surface area contributed by atoms with E-state index < -0.39 is 0 Å². The molecule has 16 heavy (non-hydrogen) atoms. The normalized spacial score (nSPS) is 19.4. The maximum absolute atomic E-state index is 8.92. The van der Waals surface area contributed by atoms with Crippen LogP contribution in [0, 0.1) is 17.2 Å². The molecule has 84 valence electrons. The van der Waals surface area contributed by atoms with E-state index in [-0.39, 0.29) is 0 Å². The van der Waals surface area contributed by atoms with Crippen molar-refractivity contribution in [3.63, 3.8) is 0 Å². The Kier molecular flexibility index (Phi) is 3.75. The van der Waals surface area contributed by atoms with Gasteiger partial charge in [0.1, 0.15) is 11.6 Å². The van der Waals surface area contributed by atoms with Gasteiger partial charge < -0.3 is 9.47 Å². The zero-order valence-corrected chi connectivity index (χ0v) is 10.2. The summed E-state index contributed by atoms with van der Waals surface area (Å²) < 4.78 is 11.6. The predicted octanol–water partition coefficient (Wildman–Crippen LogP) is 2.13. The Balaban J connectivity index is 2.00. The third-order valence-corrected chi connectivity index (χ3v) is 2.85. The van der Waals surface area contributed by atoms with Gasteiger partial charge in [0.2, 0.25) is 5.88 Å². The summed E-state index contributed by atoms with van der Waals surface area (Å²) in [5, 5.41) is 8.92. The van der Waals surface area contributed by atoms with Crippen molar-refractivity contribution in [3.05, 3.63) is 22.3 Å². The first-order valence-corrected chi connectivity index (χ1v) is 5.85. The van der Waals surface area contributed by atoms with Crippen molar-refractivity contribution in [1.29, 1.82) is 5.26 Å². The highest BCUT2D eigenvalue weighted by molar-refractivity contribution is 9.10. The lowest BCUT2D eigenvalue weighted by molar-refractivity contribution is 0.165. The number of rotatable bonds is 3. The number of hydrogen-bond donors (Lipinski definition) is 0. The molecule has 2 heterocycles. The third kappa shape index (κ3) is 2.71. The van der Waals surface area contributed by atoms with Crippen LogP contribution in [0.5, 0.6) is 5.88 Å². The summed E-state index contributed by atoms with van der Waals surface area (Å²) in [7, 11) is 0. The van der Waals surface area contributed by atoms with Crippen LogP contribution in [0.25, 0.3) is 0 Å². The average Bonchev–Trinajstić information content (AvgIpc) is 2.80. The van der Waals surface area contributed by atoms with E-state index in [0.29, 0.717) is 24.0 Å². The summed E-state index contributed by atoms with van der Waals surface area (Å²) >= 11 is 3.27. The third-order valence-electron chi connectivity index (χ3n) is 2.42. The molecule has 4 nitrogen and oxygen atoms in total. The second-order valence-corrected chi connectivity index (χ2v) is 4.57. The summed E-state index contributed by atoms with van der Waals surface area (Å²) in [4.78, 5) is 4.08. The first kappa shape index (κ1) is 11.4. The molecule has 1 aliphatic rings. The number of aromatic nitrogens is 1. The van der Waals surface area contributed by atoms with Gasteiger partial charge in [-0.25, -0.2) is 4.98 Å². The summed E-state index contributed by atoms with van der Waals surface area (Å²) in [5.41, 5.74) is 0.452. The van der Waals surface area contributed by atoms with E-state index in [1.54, 1.807) is 12.3 Å². The zero-order chi connectivity index (χ0) is 11.4. The monoisotopic (exact) mass is 282 g/mol. The van der Waals surface area contributed by atoms with Crippen molar-refractivity contribution in [2.75, 3.05) is 19.8 Å². The minimum absolute atomic E-state index is 0.401. The molecule has 1 aromatic heterocycles. The first-order chi connectivity index (χ1) is 7.79. The molecule has 0 radical (unpaired) electrons. The molecular weight excluding hydrogens is 272 g/mol. The standard InChI is InChI=1S/C11H11BrN2O2/c12-10-3-9(4-13)11(14-5-10)16-7-8-1-2-15-6-8/h3,5,8H,1-2,6-7H2/t8-/m0/s1. The van der Waals surface area contributed by atoms with Crippen LogP contribution >= 0.6 is 15.9 Å². The van der Waals surface area contributed by atoms with Crippen molar-refractivity contribution in [3.8, 4) is 11.9 Å². The van der Waals surface area contributed by atoms with Gasteiger partial charge in [-0.3, -0.25) is 0 Å². The van der Waals surface area contributed by atoms with Gasteiger partial charge in [-0.15, -0.1) is 0 Å². The van der Waals surface area contributed by atoms with Crippen molar-refractivity contribution >= 4 is 15.9 Å². The molecule has 0 aromatic carbocycles. The quantitative estimate of drug-likeness (QED) is 0.852. The van der Waals surface area contributed by atoms with Gasteiger partial charge in [-0.2, -0.15) is 5.26 Å². The highest BCUT2D eigenvalue weighted by atomic mass is 79.9. The fourth-order valence-corrected chi connectivity index (χ4v) is 1.86. The molecule has 0 N–H and O–H groups in total. The molecule has 0 unspecified atom stereocenters. The lowest BCUT2D eigenvalue weighted by Crippen LogP contribution is -2.12. The maximum atomic E-state index is 8.92. The summed E-state index contributed by atoms with van der Waals surface area (Å²) in [6.45, 7) is 2.09. The average molecular weight is 283 g/mol. The largest absolute Gasteiger partial charge is 0.476 e. The predicted molar refractivity (Wildman–Crippen MR) is 61.1 cm³/mol. The number of pyridine rings is 1. The molecule has 1 fully saturated rings. The van der Waals surface area contributed by atoms with Crippen LogP contribution < -0.4 is 4.74 Å². The molecule has 0 bridgehead atoms. The fraction of sp³-hybridized carbons (Fsp3) is 0.455. The van der Waals surface area contributed by atoms with Gasteiger partial charge in [0.15, 0.2) is 0 Å². The van der Waals surface area contributed by atoms with Crippen LogP contribution in [0.3, 0.4) is 0 Å². The molecule has 0 spiro atoms. The summed E-state index contributed by atoms with van der Waals surface area (Å²) in [6.07, 6.45) is 2.64. The van der Waals surface area contributed by atoms with Crippen LogP contribution in [0.2, 0.25) is 0 Å². The summed E-state index contributed by atoms with van der Waals surface area (Å²) in [5.74, 6) is 0.814. The van der Waals surface area contributed by atoms with Crippen molar-refractivity contribution in [1.82, 2.24) is 4.98 Å². The van der Waals surface area contributed by atoms with Crippen LogP contribution in [0.4, 0.5) is 0 Å². The van der Waals surface area contributed by atoms with Crippen LogP contribution in [-0.2, 0) is 4.74 Å². The second kappa shape index (κ2) is 5.28. The van der Waals surface area contributed by atoms with Gasteiger partial charge in [0.25, 0.3) is 0 Å². The molecule has 5 heteroatoms. The molecule has 0 saturated carbocycles. The number of ether oxygens (including phenoxy) is 2. The van der Waals surface area contributed by atoms with E-state index >= 15 is 0 Å². The Morgan fingerprint density at radius 2 is 2.56 bits per heavy atom. The van der Waals surface area contributed by atoms with E-state index in [9.17, 15) is 0 Å². The number of halogens is 1. The molecule has 2 rings (SSSR count). The number of nitriles is 1. The van der Waals surface area contributed by atoms with E-state index in [1.165, 1.54) is 0 Å². The molecule has 1 atom stereocenters. The van der Waals surface area contributed by atoms with Crippen molar-refractivity contribution in [2.24, 2.45) is 5.92 Å². The van der Waals surface area contributed by atoms with Gasteiger partial charge in [0.05, 0.1) is 13.2 Å². The smallest absolute Gasteiger partial charge is 0.231 e. The maximum Gasteiger partial charge on any atom is 0.231 e. The van der Waals surface area contributed by atoms with Crippen LogP contribution in [-0.4, -0.2) is 24.8 Å².